The van der Waals surface area contributed by atoms with E-state index in [-0.39, 0.29) is 10.5 Å². The fourth-order valence-electron chi connectivity index (χ4n) is 1.09. The summed E-state index contributed by atoms with van der Waals surface area (Å²) < 4.78 is 15.5. The third kappa shape index (κ3) is 3.25. The molecule has 0 aliphatic heterocycles. The quantitative estimate of drug-likeness (QED) is 0.637. The van der Waals surface area contributed by atoms with Crippen LogP contribution in [0.1, 0.15) is 33.3 Å². The van der Waals surface area contributed by atoms with Crippen molar-refractivity contribution in [2.24, 2.45) is 4.40 Å². The topological polar surface area (TPSA) is 55.7 Å². The summed E-state index contributed by atoms with van der Waals surface area (Å²) in [5.41, 5.74) is 1.21. The highest BCUT2D eigenvalue weighted by Gasteiger charge is 2.27. The van der Waals surface area contributed by atoms with E-state index in [1.165, 1.54) is 0 Å². The second-order valence-corrected chi connectivity index (χ2v) is 6.46. The van der Waals surface area contributed by atoms with Gasteiger partial charge in [0.1, 0.15) is 21.9 Å². The van der Waals surface area contributed by atoms with Crippen LogP contribution in [-0.2, 0) is 11.4 Å². The lowest BCUT2D eigenvalue weighted by Crippen LogP contribution is -2.26. The summed E-state index contributed by atoms with van der Waals surface area (Å²) in [6, 6.07) is 6.91. The molecule has 88 valence electrons. The smallest absolute Gasteiger partial charge is 0.144 e. The fourth-order valence-corrected chi connectivity index (χ4v) is 1.71. The number of phenolic OH excluding ortho intramolecular Hbond substituents is 1. The minimum Gasteiger partial charge on any atom is -0.591 e. The van der Waals surface area contributed by atoms with Gasteiger partial charge in [0.15, 0.2) is 0 Å². The van der Waals surface area contributed by atoms with Gasteiger partial charge in [0.2, 0.25) is 0 Å². The van der Waals surface area contributed by atoms with Crippen molar-refractivity contribution in [2.45, 2.75) is 32.4 Å². The van der Waals surface area contributed by atoms with Crippen LogP contribution in [0, 0.1) is 0 Å². The number of phenols is 1. The molecule has 0 amide bonds. The van der Waals surface area contributed by atoms with E-state index < -0.39 is 11.4 Å². The molecular formula is C12H17NO2S. The van der Waals surface area contributed by atoms with Crippen molar-refractivity contribution in [1.82, 2.24) is 0 Å². The van der Waals surface area contributed by atoms with E-state index in [0.29, 0.717) is 11.3 Å². The Morgan fingerprint density at radius 1 is 1.31 bits per heavy atom. The van der Waals surface area contributed by atoms with Crippen LogP contribution in [0.5, 0.6) is 5.75 Å². The van der Waals surface area contributed by atoms with Gasteiger partial charge >= 0.3 is 0 Å². The van der Waals surface area contributed by atoms with Crippen LogP contribution in [0.3, 0.4) is 0 Å². The summed E-state index contributed by atoms with van der Waals surface area (Å²) in [4.78, 5) is 0. The zero-order chi connectivity index (χ0) is 12.3. The molecule has 1 rings (SSSR count). The standard InChI is InChI=1S/C12H17NO2S/c1-9(13-16(15)12(2,3)4)10-7-5-6-8-11(10)14/h5-8,14H,1-4H3/b13-9+/t16-/m1/s1. The van der Waals surface area contributed by atoms with Crippen molar-refractivity contribution in [3.8, 4) is 5.75 Å². The first kappa shape index (κ1) is 13.1. The van der Waals surface area contributed by atoms with Crippen molar-refractivity contribution in [3.05, 3.63) is 29.8 Å². The Morgan fingerprint density at radius 3 is 2.38 bits per heavy atom. The largest absolute Gasteiger partial charge is 0.591 e. The number of aromatic hydroxyl groups is 1. The van der Waals surface area contributed by atoms with E-state index in [9.17, 15) is 9.66 Å². The second kappa shape index (κ2) is 4.89. The minimum atomic E-state index is -1.30. The maximum atomic E-state index is 11.8. The molecular weight excluding hydrogens is 222 g/mol. The van der Waals surface area contributed by atoms with Gasteiger partial charge in [0.05, 0.1) is 5.71 Å². The van der Waals surface area contributed by atoms with Crippen LogP contribution in [0.4, 0.5) is 0 Å². The Bertz CT molecular complexity index is 396. The summed E-state index contributed by atoms with van der Waals surface area (Å²) >= 11 is -1.30. The van der Waals surface area contributed by atoms with Gasteiger partial charge in [0, 0.05) is 5.56 Å². The molecule has 1 atom stereocenters. The molecule has 0 saturated heterocycles. The number of para-hydroxylation sites is 1. The van der Waals surface area contributed by atoms with Crippen molar-refractivity contribution in [1.29, 1.82) is 0 Å². The highest BCUT2D eigenvalue weighted by molar-refractivity contribution is 7.91. The monoisotopic (exact) mass is 239 g/mol. The Labute approximate surface area is 99.5 Å². The number of hydrogen-bond donors (Lipinski definition) is 1. The molecule has 0 bridgehead atoms. The second-order valence-electron chi connectivity index (χ2n) is 4.56. The molecule has 16 heavy (non-hydrogen) atoms. The third-order valence-corrected chi connectivity index (χ3v) is 3.52. The molecule has 0 radical (unpaired) electrons. The number of hydrogen-bond acceptors (Lipinski definition) is 3. The highest BCUT2D eigenvalue weighted by atomic mass is 32.2. The molecule has 3 nitrogen and oxygen atoms in total. The molecule has 0 aliphatic carbocycles. The summed E-state index contributed by atoms with van der Waals surface area (Å²) in [5.74, 6) is 0.162. The zero-order valence-electron chi connectivity index (χ0n) is 10.0. The van der Waals surface area contributed by atoms with E-state index >= 15 is 0 Å². The molecule has 0 heterocycles. The van der Waals surface area contributed by atoms with E-state index in [1.54, 1.807) is 25.1 Å². The Balaban J connectivity index is 2.99. The zero-order valence-corrected chi connectivity index (χ0v) is 10.8. The Kier molecular flexibility index (Phi) is 3.99. The normalized spacial score (nSPS) is 14.9. The number of benzene rings is 1. The molecule has 0 fully saturated rings. The van der Waals surface area contributed by atoms with Crippen molar-refractivity contribution in [3.63, 3.8) is 0 Å². The average molecular weight is 239 g/mol. The number of rotatable bonds is 2. The maximum absolute atomic E-state index is 11.8. The van der Waals surface area contributed by atoms with Gasteiger partial charge in [-0.2, -0.15) is 0 Å². The molecule has 0 aliphatic rings. The van der Waals surface area contributed by atoms with Crippen LogP contribution in [0.2, 0.25) is 0 Å². The average Bonchev–Trinajstić information content (AvgIpc) is 2.16. The molecule has 1 aromatic rings. The molecule has 1 N–H and O–H groups in total. The molecule has 0 aromatic heterocycles. The van der Waals surface area contributed by atoms with Crippen LogP contribution >= 0.6 is 0 Å². The van der Waals surface area contributed by atoms with E-state index in [1.807, 2.05) is 26.8 Å². The first-order valence-corrected chi connectivity index (χ1v) is 6.18. The van der Waals surface area contributed by atoms with Gasteiger partial charge in [0.25, 0.3) is 0 Å². The predicted molar refractivity (Wildman–Crippen MR) is 68.2 cm³/mol. The van der Waals surface area contributed by atoms with Gasteiger partial charge in [-0.25, -0.2) is 0 Å². The van der Waals surface area contributed by atoms with Gasteiger partial charge in [-0.3, -0.25) is 0 Å². The highest BCUT2D eigenvalue weighted by Crippen LogP contribution is 2.21. The Hall–Kier alpha value is -1.00. The van der Waals surface area contributed by atoms with Crippen LogP contribution in [0.15, 0.2) is 28.7 Å². The fraction of sp³-hybridized carbons (Fsp3) is 0.417. The molecule has 4 heteroatoms. The van der Waals surface area contributed by atoms with E-state index in [2.05, 4.69) is 4.40 Å². The summed E-state index contributed by atoms with van der Waals surface area (Å²) in [7, 11) is 0. The maximum Gasteiger partial charge on any atom is 0.144 e. The molecule has 0 unspecified atom stereocenters. The van der Waals surface area contributed by atoms with Crippen molar-refractivity contribution >= 4 is 17.1 Å². The summed E-state index contributed by atoms with van der Waals surface area (Å²) in [6.45, 7) is 7.35. The van der Waals surface area contributed by atoms with Crippen LogP contribution < -0.4 is 0 Å². The SMILES string of the molecule is C/C(=N\[S@+]([O-])C(C)(C)C)c1ccccc1O. The summed E-state index contributed by atoms with van der Waals surface area (Å²) in [5, 5.41) is 9.62. The minimum absolute atomic E-state index is 0.162. The van der Waals surface area contributed by atoms with Crippen molar-refractivity contribution in [2.75, 3.05) is 0 Å². The van der Waals surface area contributed by atoms with Gasteiger partial charge in [-0.05, 0) is 39.8 Å². The lowest BCUT2D eigenvalue weighted by atomic mass is 10.1. The van der Waals surface area contributed by atoms with E-state index in [0.717, 1.165) is 0 Å². The van der Waals surface area contributed by atoms with E-state index in [4.69, 9.17) is 0 Å². The van der Waals surface area contributed by atoms with Crippen molar-refractivity contribution < 1.29 is 9.66 Å². The van der Waals surface area contributed by atoms with Gasteiger partial charge < -0.3 is 9.66 Å². The summed E-state index contributed by atoms with van der Waals surface area (Å²) in [6.07, 6.45) is 0. The molecule has 1 aromatic carbocycles. The first-order chi connectivity index (χ1) is 7.32. The van der Waals surface area contributed by atoms with Gasteiger partial charge in [-0.1, -0.05) is 16.5 Å². The van der Waals surface area contributed by atoms with Crippen LogP contribution in [0.25, 0.3) is 0 Å². The third-order valence-electron chi connectivity index (χ3n) is 2.04. The van der Waals surface area contributed by atoms with Gasteiger partial charge in [-0.15, -0.1) is 0 Å². The lowest BCUT2D eigenvalue weighted by molar-refractivity contribution is 0.474. The number of nitrogens with zero attached hydrogens (tertiary/aromatic N) is 1. The first-order valence-electron chi connectivity index (χ1n) is 5.08. The predicted octanol–water partition coefficient (Wildman–Crippen LogP) is 2.66. The van der Waals surface area contributed by atoms with Crippen LogP contribution in [-0.4, -0.2) is 20.1 Å². The lowest BCUT2D eigenvalue weighted by Gasteiger charge is -2.18. The molecule has 0 spiro atoms. The molecule has 0 saturated carbocycles. The Morgan fingerprint density at radius 2 is 1.88 bits per heavy atom.